The van der Waals surface area contributed by atoms with Gasteiger partial charge in [-0.2, -0.15) is 0 Å². The number of nitrogens with two attached hydrogens (primary N) is 1. The van der Waals surface area contributed by atoms with Crippen molar-refractivity contribution in [2.75, 3.05) is 18.2 Å². The molecule has 25 heavy (non-hydrogen) atoms. The Kier molecular flexibility index (Phi) is 6.46. The van der Waals surface area contributed by atoms with Crippen molar-refractivity contribution in [2.45, 2.75) is 11.8 Å². The summed E-state index contributed by atoms with van der Waals surface area (Å²) in [4.78, 5) is 36.7. The van der Waals surface area contributed by atoms with Crippen LogP contribution in [-0.4, -0.2) is 30.6 Å². The molecule has 0 aliphatic carbocycles. The molecule has 0 radical (unpaired) electrons. The number of amides is 2. The highest BCUT2D eigenvalue weighted by Gasteiger charge is 2.24. The van der Waals surface area contributed by atoms with Gasteiger partial charge in [-0.3, -0.25) is 9.59 Å². The Bertz CT molecular complexity index is 818. The first-order valence-corrected chi connectivity index (χ1v) is 9.21. The number of esters is 1. The third kappa shape index (κ3) is 4.75. The predicted octanol–water partition coefficient (Wildman–Crippen LogP) is 3.33. The number of anilines is 1. The third-order valence-electron chi connectivity index (χ3n) is 3.20. The summed E-state index contributed by atoms with van der Waals surface area (Å²) in [7, 11) is 1.24. The maximum Gasteiger partial charge on any atom is 0.348 e. The Morgan fingerprint density at radius 2 is 1.92 bits per heavy atom. The Morgan fingerprint density at radius 3 is 2.48 bits per heavy atom. The van der Waals surface area contributed by atoms with E-state index in [9.17, 15) is 14.4 Å². The maximum absolute atomic E-state index is 12.2. The van der Waals surface area contributed by atoms with Crippen molar-refractivity contribution < 1.29 is 19.1 Å². The molecular formula is C16H15ClN2O4S2. The van der Waals surface area contributed by atoms with Gasteiger partial charge in [-0.15, -0.1) is 23.1 Å². The van der Waals surface area contributed by atoms with E-state index in [1.165, 1.54) is 18.9 Å². The summed E-state index contributed by atoms with van der Waals surface area (Å²) < 4.78 is 4.68. The molecular weight excluding hydrogens is 384 g/mol. The number of primary amides is 1. The van der Waals surface area contributed by atoms with Gasteiger partial charge >= 0.3 is 5.97 Å². The highest BCUT2D eigenvalue weighted by molar-refractivity contribution is 8.00. The molecule has 1 heterocycles. The average molecular weight is 399 g/mol. The van der Waals surface area contributed by atoms with Crippen LogP contribution in [0.3, 0.4) is 0 Å². The van der Waals surface area contributed by atoms with Crippen LogP contribution in [0.4, 0.5) is 5.00 Å². The average Bonchev–Trinajstić information content (AvgIpc) is 2.89. The first-order chi connectivity index (χ1) is 11.8. The van der Waals surface area contributed by atoms with Crippen molar-refractivity contribution in [3.63, 3.8) is 0 Å². The van der Waals surface area contributed by atoms with Gasteiger partial charge < -0.3 is 15.8 Å². The van der Waals surface area contributed by atoms with Crippen LogP contribution in [0.15, 0.2) is 29.2 Å². The van der Waals surface area contributed by atoms with E-state index in [4.69, 9.17) is 17.3 Å². The first kappa shape index (κ1) is 19.3. The number of methoxy groups -OCH3 is 1. The van der Waals surface area contributed by atoms with E-state index < -0.39 is 11.9 Å². The molecule has 0 aliphatic rings. The minimum atomic E-state index is -0.718. The first-order valence-electron chi connectivity index (χ1n) is 7.03. The molecule has 2 rings (SSSR count). The summed E-state index contributed by atoms with van der Waals surface area (Å²) in [5, 5.41) is 3.50. The lowest BCUT2D eigenvalue weighted by atomic mass is 10.1. The van der Waals surface area contributed by atoms with Crippen LogP contribution in [0.2, 0.25) is 5.02 Å². The number of nitrogens with one attached hydrogen (secondary N) is 1. The topological polar surface area (TPSA) is 98.5 Å². The monoisotopic (exact) mass is 398 g/mol. The van der Waals surface area contributed by atoms with Crippen molar-refractivity contribution in [2.24, 2.45) is 5.73 Å². The van der Waals surface area contributed by atoms with Crippen LogP contribution in [-0.2, 0) is 9.53 Å². The van der Waals surface area contributed by atoms with E-state index in [1.54, 1.807) is 31.2 Å². The zero-order valence-corrected chi connectivity index (χ0v) is 15.8. The number of halogens is 1. The fourth-order valence-corrected chi connectivity index (χ4v) is 4.00. The van der Waals surface area contributed by atoms with Crippen molar-refractivity contribution in [3.8, 4) is 0 Å². The molecule has 132 valence electrons. The second-order valence-corrected chi connectivity index (χ2v) is 7.41. The second-order valence-electron chi connectivity index (χ2n) is 4.91. The molecule has 9 heteroatoms. The SMILES string of the molecule is COC(=O)c1sc(NC(=O)CSc2ccc(Cl)cc2)c(C(N)=O)c1C. The van der Waals surface area contributed by atoms with E-state index in [-0.39, 0.29) is 27.1 Å². The standard InChI is InChI=1S/C16H15ClN2O4S2/c1-8-12(14(18)21)15(25-13(8)16(22)23-2)19-11(20)7-24-10-5-3-9(17)4-6-10/h3-6H,7H2,1-2H3,(H2,18,21)(H,19,20). The number of thioether (sulfide) groups is 1. The zero-order valence-electron chi connectivity index (χ0n) is 13.4. The van der Waals surface area contributed by atoms with E-state index in [0.29, 0.717) is 10.6 Å². The normalized spacial score (nSPS) is 10.4. The molecule has 3 N–H and O–H groups in total. The number of rotatable bonds is 6. The highest BCUT2D eigenvalue weighted by atomic mass is 35.5. The Labute approximate surface area is 157 Å². The molecule has 0 fully saturated rings. The quantitative estimate of drug-likeness (QED) is 0.574. The summed E-state index contributed by atoms with van der Waals surface area (Å²) in [5.41, 5.74) is 5.89. The van der Waals surface area contributed by atoms with Gasteiger partial charge in [0.25, 0.3) is 5.91 Å². The molecule has 1 aromatic heterocycles. The summed E-state index contributed by atoms with van der Waals surface area (Å²) in [6, 6.07) is 7.08. The van der Waals surface area contributed by atoms with E-state index >= 15 is 0 Å². The lowest BCUT2D eigenvalue weighted by Crippen LogP contribution is -2.18. The maximum atomic E-state index is 12.2. The summed E-state index contributed by atoms with van der Waals surface area (Å²) in [6.07, 6.45) is 0. The van der Waals surface area contributed by atoms with Gasteiger partial charge in [0, 0.05) is 9.92 Å². The van der Waals surface area contributed by atoms with Crippen molar-refractivity contribution in [1.82, 2.24) is 0 Å². The third-order valence-corrected chi connectivity index (χ3v) is 5.65. The molecule has 0 bridgehead atoms. The van der Waals surface area contributed by atoms with Gasteiger partial charge in [-0.1, -0.05) is 11.6 Å². The molecule has 0 atom stereocenters. The van der Waals surface area contributed by atoms with Crippen LogP contribution in [0.5, 0.6) is 0 Å². The van der Waals surface area contributed by atoms with Gasteiger partial charge in [0.05, 0.1) is 18.4 Å². The summed E-state index contributed by atoms with van der Waals surface area (Å²) in [6.45, 7) is 1.58. The molecule has 0 saturated heterocycles. The van der Waals surface area contributed by atoms with Crippen molar-refractivity contribution in [1.29, 1.82) is 0 Å². The molecule has 6 nitrogen and oxygen atoms in total. The van der Waals surface area contributed by atoms with Gasteiger partial charge in [0.2, 0.25) is 5.91 Å². The Hall–Kier alpha value is -2.03. The molecule has 1 aromatic carbocycles. The van der Waals surface area contributed by atoms with Gasteiger partial charge in [0.1, 0.15) is 9.88 Å². The van der Waals surface area contributed by atoms with E-state index in [1.807, 2.05) is 0 Å². The van der Waals surface area contributed by atoms with Gasteiger partial charge in [0.15, 0.2) is 0 Å². The fourth-order valence-electron chi connectivity index (χ4n) is 2.03. The predicted molar refractivity (Wildman–Crippen MR) is 99.7 cm³/mol. The van der Waals surface area contributed by atoms with Gasteiger partial charge in [-0.25, -0.2) is 4.79 Å². The van der Waals surface area contributed by atoms with Crippen LogP contribution < -0.4 is 11.1 Å². The lowest BCUT2D eigenvalue weighted by molar-refractivity contribution is -0.113. The van der Waals surface area contributed by atoms with E-state index in [2.05, 4.69) is 10.1 Å². The lowest BCUT2D eigenvalue weighted by Gasteiger charge is -2.05. The Balaban J connectivity index is 2.12. The highest BCUT2D eigenvalue weighted by Crippen LogP contribution is 2.33. The van der Waals surface area contributed by atoms with Crippen LogP contribution in [0.25, 0.3) is 0 Å². The number of carbonyl (C=O) groups is 3. The van der Waals surface area contributed by atoms with E-state index in [0.717, 1.165) is 16.2 Å². The number of hydrogen-bond donors (Lipinski definition) is 2. The Morgan fingerprint density at radius 1 is 1.28 bits per heavy atom. The number of carbonyl (C=O) groups excluding carboxylic acids is 3. The number of hydrogen-bond acceptors (Lipinski definition) is 6. The van der Waals surface area contributed by atoms with Crippen molar-refractivity contribution in [3.05, 3.63) is 45.3 Å². The molecule has 2 aromatic rings. The van der Waals surface area contributed by atoms with Crippen LogP contribution in [0, 0.1) is 6.92 Å². The van der Waals surface area contributed by atoms with Crippen LogP contribution >= 0.6 is 34.7 Å². The molecule has 0 saturated carbocycles. The number of benzene rings is 1. The fraction of sp³-hybridized carbons (Fsp3) is 0.188. The molecule has 0 unspecified atom stereocenters. The van der Waals surface area contributed by atoms with Crippen molar-refractivity contribution >= 4 is 57.5 Å². The zero-order chi connectivity index (χ0) is 18.6. The largest absolute Gasteiger partial charge is 0.465 e. The summed E-state index contributed by atoms with van der Waals surface area (Å²) >= 11 is 8.10. The summed E-state index contributed by atoms with van der Waals surface area (Å²) in [5.74, 6) is -1.49. The number of ether oxygens (including phenoxy) is 1. The smallest absolute Gasteiger partial charge is 0.348 e. The minimum absolute atomic E-state index is 0.121. The second kappa shape index (κ2) is 8.37. The number of thiophene rings is 1. The van der Waals surface area contributed by atoms with Gasteiger partial charge in [-0.05, 0) is 36.8 Å². The molecule has 0 aliphatic heterocycles. The minimum Gasteiger partial charge on any atom is -0.465 e. The van der Waals surface area contributed by atoms with Crippen LogP contribution in [0.1, 0.15) is 25.6 Å². The molecule has 2 amide bonds. The molecule has 0 spiro atoms.